The number of carbonyl (C=O) groups is 10. The molecule has 0 radical (unpaired) electrons. The molecule has 7 atom stereocenters. The zero-order chi connectivity index (χ0) is 54.2. The van der Waals surface area contributed by atoms with Crippen molar-refractivity contribution in [2.45, 2.75) is 114 Å². The Hall–Kier alpha value is -7.48. The Kier molecular flexibility index (Phi) is 24.9. The summed E-state index contributed by atoms with van der Waals surface area (Å²) < 4.78 is 0. The predicted octanol–water partition coefficient (Wildman–Crippen LogP) is -2.87. The number of hydrogen-bond acceptors (Lipinski definition) is 14. The number of phenolic OH excluding ortho intramolecular Hbond substituents is 1. The molecule has 2 aromatic rings. The Balaban J connectivity index is 1.60. The van der Waals surface area contributed by atoms with Crippen LogP contribution in [0.4, 0.5) is 0 Å². The van der Waals surface area contributed by atoms with Crippen molar-refractivity contribution in [1.29, 1.82) is 0 Å². The first kappa shape index (κ1) is 59.8. The zero-order valence-electron chi connectivity index (χ0n) is 40.7. The van der Waals surface area contributed by atoms with E-state index in [1.165, 1.54) is 17.0 Å². The summed E-state index contributed by atoms with van der Waals surface area (Å²) in [6.45, 7) is 2.48. The summed E-state index contributed by atoms with van der Waals surface area (Å²) in [6, 6.07) is 5.71. The molecule has 16 N–H and O–H groups in total. The fourth-order valence-corrected chi connectivity index (χ4v) is 7.82. The van der Waals surface area contributed by atoms with E-state index in [4.69, 9.17) is 17.2 Å². The lowest BCUT2D eigenvalue weighted by Crippen LogP contribution is -2.59. The molecule has 0 aromatic heterocycles. The Morgan fingerprint density at radius 1 is 0.712 bits per heavy atom. The van der Waals surface area contributed by atoms with Crippen LogP contribution in [0, 0.1) is 5.92 Å². The summed E-state index contributed by atoms with van der Waals surface area (Å²) in [7, 11) is 0. The van der Waals surface area contributed by atoms with Crippen LogP contribution in [-0.4, -0.2) is 160 Å². The minimum Gasteiger partial charge on any atom is -0.508 e. The van der Waals surface area contributed by atoms with Crippen molar-refractivity contribution >= 4 is 77.8 Å². The number of phenols is 1. The van der Waals surface area contributed by atoms with Crippen molar-refractivity contribution in [3.8, 4) is 5.75 Å². The second kappa shape index (κ2) is 30.4. The van der Waals surface area contributed by atoms with Crippen LogP contribution in [0.25, 0.3) is 0 Å². The molecule has 1 heterocycles. The SMILES string of the molecule is CC(C)C[C@H](NC(=O)[C@H](CCC(=O)O)NC(=O)CNC(=O)CNC(=O)[C@@H]1CCCN1C(=O)[C@H](CS)NC(=O)[C@H](Cc1ccc(O)cc1)NC(=O)[C@@H](N)CCCN=C(N)N)C(=O)N[C@@H](Cc1ccccc1)C(=O)O. The molecule has 0 spiro atoms. The number of thiol groups is 1. The van der Waals surface area contributed by atoms with Gasteiger partial charge in [0, 0.05) is 38.1 Å². The maximum atomic E-state index is 13.9. The molecular formula is C47H68N12O13S. The number of aliphatic carboxylic acids is 2. The lowest BCUT2D eigenvalue weighted by atomic mass is 10.0. The fraction of sp³-hybridized carbons (Fsp3) is 0.511. The van der Waals surface area contributed by atoms with E-state index in [0.717, 1.165) is 0 Å². The average Bonchev–Trinajstić information content (AvgIpc) is 3.84. The largest absolute Gasteiger partial charge is 0.508 e. The third-order valence-corrected chi connectivity index (χ3v) is 11.7. The van der Waals surface area contributed by atoms with Crippen LogP contribution in [0.3, 0.4) is 0 Å². The van der Waals surface area contributed by atoms with Crippen LogP contribution in [0.2, 0.25) is 0 Å². The molecule has 0 saturated carbocycles. The van der Waals surface area contributed by atoms with Gasteiger partial charge in [0.15, 0.2) is 5.96 Å². The summed E-state index contributed by atoms with van der Waals surface area (Å²) in [6.07, 6.45) is 0.0987. The Labute approximate surface area is 427 Å². The maximum Gasteiger partial charge on any atom is 0.326 e. The number of nitrogens with two attached hydrogens (primary N) is 3. The highest BCUT2D eigenvalue weighted by molar-refractivity contribution is 7.80. The van der Waals surface area contributed by atoms with Crippen molar-refractivity contribution < 1.29 is 63.3 Å². The highest BCUT2D eigenvalue weighted by Crippen LogP contribution is 2.20. The zero-order valence-corrected chi connectivity index (χ0v) is 41.6. The molecule has 8 amide bonds. The van der Waals surface area contributed by atoms with Crippen LogP contribution >= 0.6 is 12.6 Å². The summed E-state index contributed by atoms with van der Waals surface area (Å²) in [5, 5.41) is 46.2. The van der Waals surface area contributed by atoms with Gasteiger partial charge >= 0.3 is 11.9 Å². The van der Waals surface area contributed by atoms with Crippen molar-refractivity contribution in [1.82, 2.24) is 42.1 Å². The molecule has 0 bridgehead atoms. The average molecular weight is 1040 g/mol. The van der Waals surface area contributed by atoms with E-state index in [9.17, 15) is 63.3 Å². The molecule has 1 saturated heterocycles. The van der Waals surface area contributed by atoms with E-state index < -0.39 is 127 Å². The molecule has 1 aliphatic rings. The van der Waals surface area contributed by atoms with E-state index in [1.807, 2.05) is 0 Å². The number of hydrogen-bond donors (Lipinski definition) is 14. The number of aliphatic imine (C=N–C) groups is 1. The van der Waals surface area contributed by atoms with Crippen molar-refractivity contribution in [2.75, 3.05) is 31.9 Å². The Morgan fingerprint density at radius 2 is 1.29 bits per heavy atom. The van der Waals surface area contributed by atoms with Crippen molar-refractivity contribution in [2.24, 2.45) is 28.1 Å². The fourth-order valence-electron chi connectivity index (χ4n) is 7.57. The van der Waals surface area contributed by atoms with Gasteiger partial charge in [-0.05, 0) is 67.7 Å². The molecule has 0 aliphatic carbocycles. The minimum atomic E-state index is -1.50. The molecule has 400 valence electrons. The molecule has 0 unspecified atom stereocenters. The molecule has 3 rings (SSSR count). The highest BCUT2D eigenvalue weighted by atomic mass is 32.1. The first-order valence-corrected chi connectivity index (χ1v) is 24.3. The number of benzene rings is 2. The molecule has 25 nitrogen and oxygen atoms in total. The van der Waals surface area contributed by atoms with Crippen molar-refractivity contribution in [3.63, 3.8) is 0 Å². The second-order valence-corrected chi connectivity index (χ2v) is 18.1. The number of carboxylic acids is 2. The smallest absolute Gasteiger partial charge is 0.326 e. The van der Waals surface area contributed by atoms with Crippen LogP contribution in [0.5, 0.6) is 5.75 Å². The van der Waals surface area contributed by atoms with Crippen LogP contribution in [0.15, 0.2) is 59.6 Å². The maximum absolute atomic E-state index is 13.9. The van der Waals surface area contributed by atoms with Gasteiger partial charge in [0.2, 0.25) is 47.3 Å². The molecule has 1 aliphatic heterocycles. The third kappa shape index (κ3) is 21.4. The van der Waals surface area contributed by atoms with E-state index in [0.29, 0.717) is 24.0 Å². The number of rotatable bonds is 30. The minimum absolute atomic E-state index is 0.0267. The van der Waals surface area contributed by atoms with Gasteiger partial charge in [-0.25, -0.2) is 4.79 Å². The topological polar surface area (TPSA) is 409 Å². The van der Waals surface area contributed by atoms with Crippen LogP contribution < -0.4 is 54.4 Å². The van der Waals surface area contributed by atoms with E-state index in [-0.39, 0.29) is 68.6 Å². The monoisotopic (exact) mass is 1040 g/mol. The molecule has 73 heavy (non-hydrogen) atoms. The summed E-state index contributed by atoms with van der Waals surface area (Å²) >= 11 is 4.28. The lowest BCUT2D eigenvalue weighted by Gasteiger charge is -2.29. The van der Waals surface area contributed by atoms with Gasteiger partial charge in [-0.1, -0.05) is 56.3 Å². The van der Waals surface area contributed by atoms with Gasteiger partial charge in [0.1, 0.15) is 42.0 Å². The van der Waals surface area contributed by atoms with Crippen LogP contribution in [0.1, 0.15) is 69.9 Å². The third-order valence-electron chi connectivity index (χ3n) is 11.4. The first-order valence-electron chi connectivity index (χ1n) is 23.6. The molecule has 2 aromatic carbocycles. The molecular weight excluding hydrogens is 973 g/mol. The van der Waals surface area contributed by atoms with Gasteiger partial charge in [0.05, 0.1) is 19.1 Å². The first-order chi connectivity index (χ1) is 34.6. The Morgan fingerprint density at radius 3 is 1.90 bits per heavy atom. The van der Waals surface area contributed by atoms with Gasteiger partial charge in [-0.15, -0.1) is 0 Å². The number of carbonyl (C=O) groups excluding carboxylic acids is 8. The van der Waals surface area contributed by atoms with Gasteiger partial charge in [-0.2, -0.15) is 12.6 Å². The normalized spacial score (nSPS) is 15.5. The molecule has 26 heteroatoms. The Bertz CT molecular complexity index is 2270. The molecule has 1 fully saturated rings. The quantitative estimate of drug-likeness (QED) is 0.0162. The van der Waals surface area contributed by atoms with Crippen molar-refractivity contribution in [3.05, 3.63) is 65.7 Å². The number of nitrogens with zero attached hydrogens (tertiary/aromatic N) is 2. The van der Waals surface area contributed by atoms with Crippen LogP contribution in [-0.2, 0) is 60.8 Å². The second-order valence-electron chi connectivity index (χ2n) is 17.7. The number of nitrogens with one attached hydrogen (secondary N) is 7. The van der Waals surface area contributed by atoms with Gasteiger partial charge in [0.25, 0.3) is 0 Å². The summed E-state index contributed by atoms with van der Waals surface area (Å²) in [5.41, 5.74) is 18.0. The van der Waals surface area contributed by atoms with E-state index >= 15 is 0 Å². The number of amides is 8. The predicted molar refractivity (Wildman–Crippen MR) is 268 cm³/mol. The standard InChI is InChI=1S/C47H68N12O13S/c1-26(2)20-32(42(67)57-34(46(71)72)22-27-8-4-3-5-9-27)56-41(66)31(16-17-39(63)64)54-38(62)24-52-37(61)23-53-44(69)36-11-7-19-59(36)45(70)35(25-73)58-43(68)33(21-28-12-14-29(60)15-13-28)55-40(65)30(48)10-6-18-51-47(49)50/h3-5,8-9,12-15,26,30-36,60,73H,6-7,10-11,16-25,48H2,1-2H3,(H,52,61)(H,53,69)(H,54,62)(H,55,65)(H,56,66)(H,57,67)(H,58,68)(H,63,64)(H,71,72)(H4,49,50,51)/t30-,31-,32-,33-,34-,35-,36-/m0/s1. The lowest BCUT2D eigenvalue weighted by molar-refractivity contribution is -0.142. The van der Waals surface area contributed by atoms with Gasteiger partial charge < -0.3 is 74.6 Å². The number of aromatic hydroxyl groups is 1. The number of guanidine groups is 1. The number of carboxylic acid groups (broad SMARTS) is 2. The number of likely N-dealkylation sites (tertiary alicyclic amines) is 1. The summed E-state index contributed by atoms with van der Waals surface area (Å²) in [4.78, 5) is 135. The summed E-state index contributed by atoms with van der Waals surface area (Å²) in [5.74, 6) is -9.48. The van der Waals surface area contributed by atoms with Gasteiger partial charge in [-0.3, -0.25) is 48.1 Å². The van der Waals surface area contributed by atoms with E-state index in [2.05, 4.69) is 54.8 Å². The highest BCUT2D eigenvalue weighted by Gasteiger charge is 2.38. The van der Waals surface area contributed by atoms with E-state index in [1.54, 1.807) is 56.3 Å².